The molecule has 2 atom stereocenters. The zero-order valence-corrected chi connectivity index (χ0v) is 12.9. The second kappa shape index (κ2) is 6.84. The van der Waals surface area contributed by atoms with E-state index in [-0.39, 0.29) is 23.4 Å². The Kier molecular flexibility index (Phi) is 5.69. The first-order valence-electron chi connectivity index (χ1n) is 6.58. The van der Waals surface area contributed by atoms with Gasteiger partial charge in [0.2, 0.25) is 10.0 Å². The summed E-state index contributed by atoms with van der Waals surface area (Å²) in [6, 6.07) is 8.49. The highest BCUT2D eigenvalue weighted by Gasteiger charge is 2.24. The molecule has 0 aliphatic heterocycles. The summed E-state index contributed by atoms with van der Waals surface area (Å²) in [4.78, 5) is 0.230. The third kappa shape index (κ3) is 3.79. The summed E-state index contributed by atoms with van der Waals surface area (Å²) < 4.78 is 26.3. The third-order valence-electron chi connectivity index (χ3n) is 3.09. The fraction of sp³-hybridized carbons (Fsp3) is 0.500. The van der Waals surface area contributed by atoms with E-state index in [4.69, 9.17) is 11.0 Å². The highest BCUT2D eigenvalue weighted by molar-refractivity contribution is 7.89. The summed E-state index contributed by atoms with van der Waals surface area (Å²) in [6.07, 6.45) is 0. The van der Waals surface area contributed by atoms with E-state index >= 15 is 0 Å². The fourth-order valence-electron chi connectivity index (χ4n) is 1.84. The molecular weight excluding hydrogens is 274 g/mol. The summed E-state index contributed by atoms with van der Waals surface area (Å²) >= 11 is 0. The number of rotatable bonds is 6. The number of hydrogen-bond donors (Lipinski definition) is 1. The molecular formula is C14H21N3O2S. The lowest BCUT2D eigenvalue weighted by molar-refractivity contribution is 0.400. The molecule has 2 N–H and O–H groups in total. The van der Waals surface area contributed by atoms with Crippen molar-refractivity contribution in [2.24, 2.45) is 11.7 Å². The van der Waals surface area contributed by atoms with Crippen molar-refractivity contribution in [2.75, 3.05) is 13.1 Å². The lowest BCUT2D eigenvalue weighted by Gasteiger charge is -2.21. The molecule has 110 valence electrons. The smallest absolute Gasteiger partial charge is 0.243 e. The monoisotopic (exact) mass is 295 g/mol. The van der Waals surface area contributed by atoms with Crippen LogP contribution in [0.5, 0.6) is 0 Å². The molecule has 0 amide bonds. The first-order chi connectivity index (χ1) is 9.32. The van der Waals surface area contributed by atoms with Gasteiger partial charge in [-0.05, 0) is 31.5 Å². The van der Waals surface area contributed by atoms with Gasteiger partial charge in [0.05, 0.1) is 16.9 Å². The zero-order chi connectivity index (χ0) is 15.3. The maximum absolute atomic E-state index is 12.5. The third-order valence-corrected chi connectivity index (χ3v) is 5.05. The second-order valence-corrected chi connectivity index (χ2v) is 6.78. The summed E-state index contributed by atoms with van der Waals surface area (Å²) in [5, 5.41) is 8.83. The standard InChI is InChI=1S/C14H21N3O2S/c1-4-17(10-11(2)9-15)20(18,19)14-7-5-13(6-8-14)12(3)16/h5-8,11-12H,4,10,16H2,1-3H3. The van der Waals surface area contributed by atoms with Crippen molar-refractivity contribution in [1.29, 1.82) is 5.26 Å². The summed E-state index contributed by atoms with van der Waals surface area (Å²) in [5.74, 6) is -0.340. The molecule has 0 fully saturated rings. The van der Waals surface area contributed by atoms with Crippen LogP contribution in [0.3, 0.4) is 0 Å². The SMILES string of the molecule is CCN(CC(C)C#N)S(=O)(=O)c1ccc(C(C)N)cc1. The summed E-state index contributed by atoms with van der Waals surface area (Å²) in [7, 11) is -3.56. The Hall–Kier alpha value is -1.42. The van der Waals surface area contributed by atoms with Crippen LogP contribution in [-0.4, -0.2) is 25.8 Å². The van der Waals surface area contributed by atoms with Gasteiger partial charge in [-0.2, -0.15) is 9.57 Å². The maximum atomic E-state index is 12.5. The van der Waals surface area contributed by atoms with Crippen molar-refractivity contribution in [2.45, 2.75) is 31.7 Å². The van der Waals surface area contributed by atoms with Crippen LogP contribution in [0.1, 0.15) is 32.4 Å². The van der Waals surface area contributed by atoms with Crippen molar-refractivity contribution in [3.63, 3.8) is 0 Å². The molecule has 0 heterocycles. The van der Waals surface area contributed by atoms with Crippen LogP contribution in [0.25, 0.3) is 0 Å². The second-order valence-electron chi connectivity index (χ2n) is 4.84. The lowest BCUT2D eigenvalue weighted by atomic mass is 10.1. The van der Waals surface area contributed by atoms with Gasteiger partial charge in [0.15, 0.2) is 0 Å². The predicted molar refractivity (Wildman–Crippen MR) is 78.3 cm³/mol. The van der Waals surface area contributed by atoms with Crippen molar-refractivity contribution < 1.29 is 8.42 Å². The van der Waals surface area contributed by atoms with E-state index in [9.17, 15) is 8.42 Å². The Morgan fingerprint density at radius 1 is 1.30 bits per heavy atom. The molecule has 0 aliphatic rings. The van der Waals surface area contributed by atoms with Gasteiger partial charge in [0.1, 0.15) is 0 Å². The normalized spacial score (nSPS) is 14.8. The van der Waals surface area contributed by atoms with Gasteiger partial charge < -0.3 is 5.73 Å². The van der Waals surface area contributed by atoms with E-state index in [2.05, 4.69) is 6.07 Å². The average Bonchev–Trinajstić information content (AvgIpc) is 2.44. The molecule has 1 aromatic carbocycles. The van der Waals surface area contributed by atoms with E-state index in [1.165, 1.54) is 4.31 Å². The molecule has 1 aromatic rings. The number of benzene rings is 1. The Morgan fingerprint density at radius 3 is 2.25 bits per heavy atom. The summed E-state index contributed by atoms with van der Waals surface area (Å²) in [5.41, 5.74) is 6.63. The fourth-order valence-corrected chi connectivity index (χ4v) is 3.37. The minimum absolute atomic E-state index is 0.132. The van der Waals surface area contributed by atoms with Crippen LogP contribution in [-0.2, 0) is 10.0 Å². The van der Waals surface area contributed by atoms with Crippen molar-refractivity contribution >= 4 is 10.0 Å². The summed E-state index contributed by atoms with van der Waals surface area (Å²) in [6.45, 7) is 5.85. The Balaban J connectivity index is 3.05. The predicted octanol–water partition coefficient (Wildman–Crippen LogP) is 1.88. The molecule has 0 aliphatic carbocycles. The van der Waals surface area contributed by atoms with Crippen molar-refractivity contribution in [3.8, 4) is 6.07 Å². The van der Waals surface area contributed by atoms with Crippen molar-refractivity contribution in [1.82, 2.24) is 4.31 Å². The maximum Gasteiger partial charge on any atom is 0.243 e. The van der Waals surface area contributed by atoms with Crippen LogP contribution in [0.2, 0.25) is 0 Å². The first kappa shape index (κ1) is 16.6. The minimum atomic E-state index is -3.56. The van der Waals surface area contributed by atoms with Gasteiger partial charge in [-0.1, -0.05) is 19.1 Å². The Labute approximate surface area is 121 Å². The number of hydrogen-bond acceptors (Lipinski definition) is 4. The lowest BCUT2D eigenvalue weighted by Crippen LogP contribution is -2.34. The van der Waals surface area contributed by atoms with Crippen LogP contribution >= 0.6 is 0 Å². The van der Waals surface area contributed by atoms with E-state index in [1.54, 1.807) is 38.1 Å². The van der Waals surface area contributed by atoms with E-state index < -0.39 is 10.0 Å². The number of sulfonamides is 1. The van der Waals surface area contributed by atoms with Crippen LogP contribution < -0.4 is 5.73 Å². The first-order valence-corrected chi connectivity index (χ1v) is 8.02. The molecule has 0 bridgehead atoms. The Bertz CT molecular complexity index is 573. The highest BCUT2D eigenvalue weighted by Crippen LogP contribution is 2.19. The minimum Gasteiger partial charge on any atom is -0.324 e. The number of nitrogens with two attached hydrogens (primary N) is 1. The van der Waals surface area contributed by atoms with Gasteiger partial charge in [0, 0.05) is 19.1 Å². The van der Waals surface area contributed by atoms with E-state index in [0.717, 1.165) is 5.56 Å². The molecule has 0 aromatic heterocycles. The van der Waals surface area contributed by atoms with Crippen LogP contribution in [0.4, 0.5) is 0 Å². The highest BCUT2D eigenvalue weighted by atomic mass is 32.2. The quantitative estimate of drug-likeness (QED) is 0.868. The number of nitriles is 1. The Morgan fingerprint density at radius 2 is 1.85 bits per heavy atom. The molecule has 0 radical (unpaired) electrons. The molecule has 6 heteroatoms. The topological polar surface area (TPSA) is 87.2 Å². The zero-order valence-electron chi connectivity index (χ0n) is 12.1. The molecule has 20 heavy (non-hydrogen) atoms. The van der Waals surface area contributed by atoms with E-state index in [0.29, 0.717) is 6.54 Å². The molecule has 2 unspecified atom stereocenters. The van der Waals surface area contributed by atoms with Gasteiger partial charge >= 0.3 is 0 Å². The molecule has 1 rings (SSSR count). The van der Waals surface area contributed by atoms with E-state index in [1.807, 2.05) is 6.92 Å². The molecule has 5 nitrogen and oxygen atoms in total. The van der Waals surface area contributed by atoms with Crippen molar-refractivity contribution in [3.05, 3.63) is 29.8 Å². The molecule has 0 spiro atoms. The largest absolute Gasteiger partial charge is 0.324 e. The number of nitrogens with zero attached hydrogens (tertiary/aromatic N) is 2. The van der Waals surface area contributed by atoms with Gasteiger partial charge in [0.25, 0.3) is 0 Å². The van der Waals surface area contributed by atoms with Gasteiger partial charge in [-0.3, -0.25) is 0 Å². The van der Waals surface area contributed by atoms with Crippen LogP contribution in [0.15, 0.2) is 29.2 Å². The van der Waals surface area contributed by atoms with Crippen LogP contribution in [0, 0.1) is 17.2 Å². The van der Waals surface area contributed by atoms with Gasteiger partial charge in [-0.15, -0.1) is 0 Å². The molecule has 0 saturated heterocycles. The average molecular weight is 295 g/mol. The van der Waals surface area contributed by atoms with Gasteiger partial charge in [-0.25, -0.2) is 8.42 Å². The molecule has 0 saturated carbocycles.